The van der Waals surface area contributed by atoms with E-state index in [2.05, 4.69) is 48.0 Å². The third kappa shape index (κ3) is 3.77. The maximum absolute atomic E-state index is 9.17. The van der Waals surface area contributed by atoms with Crippen molar-refractivity contribution in [1.29, 1.82) is 0 Å². The Labute approximate surface area is 147 Å². The first-order valence-electron chi connectivity index (χ1n) is 8.49. The van der Waals surface area contributed by atoms with Crippen LogP contribution in [-0.4, -0.2) is 20.2 Å². The topological polar surface area (TPSA) is 72.0 Å². The lowest BCUT2D eigenvalue weighted by Gasteiger charge is -2.09. The van der Waals surface area contributed by atoms with Crippen molar-refractivity contribution in [2.75, 3.05) is 0 Å². The number of aromatic nitrogens is 3. The number of aliphatic hydroxyl groups excluding tert-OH is 1. The minimum absolute atomic E-state index is 0.0827. The van der Waals surface area contributed by atoms with Crippen LogP contribution in [0.15, 0.2) is 34.9 Å². The molecule has 5 heteroatoms. The number of hydrogen-bond acceptors (Lipinski definition) is 5. The van der Waals surface area contributed by atoms with Crippen molar-refractivity contribution in [2.45, 2.75) is 40.7 Å². The molecule has 0 spiro atoms. The number of pyridine rings is 1. The summed E-state index contributed by atoms with van der Waals surface area (Å²) in [7, 11) is 0. The molecular weight excluding hydrogens is 314 g/mol. The molecule has 1 aromatic carbocycles. The van der Waals surface area contributed by atoms with E-state index < -0.39 is 0 Å². The Hall–Kier alpha value is -2.53. The van der Waals surface area contributed by atoms with Crippen LogP contribution in [-0.2, 0) is 13.0 Å². The maximum atomic E-state index is 9.17. The lowest BCUT2D eigenvalue weighted by atomic mass is 9.97. The minimum Gasteiger partial charge on any atom is -0.390 e. The van der Waals surface area contributed by atoms with Gasteiger partial charge in [0.1, 0.15) is 0 Å². The molecule has 3 rings (SSSR count). The first-order chi connectivity index (χ1) is 12.0. The molecule has 0 amide bonds. The van der Waals surface area contributed by atoms with Gasteiger partial charge in [0, 0.05) is 16.8 Å². The fraction of sp³-hybridized carbons (Fsp3) is 0.350. The van der Waals surface area contributed by atoms with Gasteiger partial charge in [-0.3, -0.25) is 4.98 Å². The molecule has 0 aliphatic carbocycles. The molecule has 25 heavy (non-hydrogen) atoms. The Kier molecular flexibility index (Phi) is 4.95. The lowest BCUT2D eigenvalue weighted by molar-refractivity contribution is 0.276. The monoisotopic (exact) mass is 337 g/mol. The molecule has 0 radical (unpaired) electrons. The van der Waals surface area contributed by atoms with Gasteiger partial charge in [-0.2, -0.15) is 4.98 Å². The number of benzene rings is 1. The van der Waals surface area contributed by atoms with Crippen LogP contribution in [0, 0.1) is 19.8 Å². The molecule has 2 aromatic heterocycles. The summed E-state index contributed by atoms with van der Waals surface area (Å²) in [5.41, 5.74) is 5.69. The van der Waals surface area contributed by atoms with Gasteiger partial charge in [0.15, 0.2) is 0 Å². The Balaban J connectivity index is 1.90. The molecule has 0 bridgehead atoms. The summed E-state index contributed by atoms with van der Waals surface area (Å²) in [5.74, 6) is 1.63. The smallest absolute Gasteiger partial charge is 0.258 e. The fourth-order valence-corrected chi connectivity index (χ4v) is 2.89. The van der Waals surface area contributed by atoms with Crippen molar-refractivity contribution < 1.29 is 9.63 Å². The second-order valence-electron chi connectivity index (χ2n) is 6.76. The van der Waals surface area contributed by atoms with E-state index in [1.165, 1.54) is 11.1 Å². The van der Waals surface area contributed by atoms with Crippen molar-refractivity contribution in [3.05, 3.63) is 52.8 Å². The zero-order chi connectivity index (χ0) is 18.0. The Morgan fingerprint density at radius 1 is 1.08 bits per heavy atom. The molecule has 1 N–H and O–H groups in total. The highest BCUT2D eigenvalue weighted by Gasteiger charge is 2.14. The van der Waals surface area contributed by atoms with Crippen molar-refractivity contribution in [2.24, 2.45) is 5.92 Å². The standard InChI is InChI=1S/C20H23N3O2/c1-12(2)9-15-5-6-16(10-13(15)3)20-22-19(23-25-20)18-8-7-17(11-24)21-14(18)4/h5-8,10,12,24H,9,11H2,1-4H3. The highest BCUT2D eigenvalue weighted by atomic mass is 16.5. The zero-order valence-electron chi connectivity index (χ0n) is 15.1. The van der Waals surface area contributed by atoms with Gasteiger partial charge in [-0.05, 0) is 61.6 Å². The summed E-state index contributed by atoms with van der Waals surface area (Å²) < 4.78 is 5.45. The Morgan fingerprint density at radius 3 is 2.52 bits per heavy atom. The van der Waals surface area contributed by atoms with E-state index in [4.69, 9.17) is 9.63 Å². The second-order valence-corrected chi connectivity index (χ2v) is 6.76. The van der Waals surface area contributed by atoms with Gasteiger partial charge in [0.25, 0.3) is 5.89 Å². The highest BCUT2D eigenvalue weighted by molar-refractivity contribution is 5.62. The quantitative estimate of drug-likeness (QED) is 0.758. The van der Waals surface area contributed by atoms with Crippen molar-refractivity contribution in [3.63, 3.8) is 0 Å². The van der Waals surface area contributed by atoms with Crippen LogP contribution in [0.25, 0.3) is 22.8 Å². The maximum Gasteiger partial charge on any atom is 0.258 e. The first-order valence-corrected chi connectivity index (χ1v) is 8.49. The van der Waals surface area contributed by atoms with Crippen LogP contribution in [0.3, 0.4) is 0 Å². The summed E-state index contributed by atoms with van der Waals surface area (Å²) in [6.07, 6.45) is 1.06. The number of aliphatic hydroxyl groups is 1. The Morgan fingerprint density at radius 2 is 1.88 bits per heavy atom. The molecule has 2 heterocycles. The molecule has 3 aromatic rings. The van der Waals surface area contributed by atoms with Crippen molar-refractivity contribution >= 4 is 0 Å². The van der Waals surface area contributed by atoms with Gasteiger partial charge in [0.05, 0.1) is 12.3 Å². The molecule has 0 unspecified atom stereocenters. The summed E-state index contributed by atoms with van der Waals surface area (Å²) >= 11 is 0. The highest BCUT2D eigenvalue weighted by Crippen LogP contribution is 2.26. The summed E-state index contributed by atoms with van der Waals surface area (Å²) in [5, 5.41) is 13.3. The van der Waals surface area contributed by atoms with Crippen LogP contribution in [0.4, 0.5) is 0 Å². The number of nitrogens with zero attached hydrogens (tertiary/aromatic N) is 3. The molecule has 0 fully saturated rings. The van der Waals surface area contributed by atoms with Crippen LogP contribution in [0.5, 0.6) is 0 Å². The van der Waals surface area contributed by atoms with E-state index in [9.17, 15) is 0 Å². The summed E-state index contributed by atoms with van der Waals surface area (Å²) in [4.78, 5) is 8.85. The van der Waals surface area contributed by atoms with Crippen molar-refractivity contribution in [3.8, 4) is 22.8 Å². The zero-order valence-corrected chi connectivity index (χ0v) is 15.1. The lowest BCUT2D eigenvalue weighted by Crippen LogP contribution is -1.97. The average Bonchev–Trinajstić information content (AvgIpc) is 3.06. The predicted molar refractivity (Wildman–Crippen MR) is 96.9 cm³/mol. The number of hydrogen-bond donors (Lipinski definition) is 1. The summed E-state index contributed by atoms with van der Waals surface area (Å²) in [6.45, 7) is 8.34. The average molecular weight is 337 g/mol. The molecular formula is C20H23N3O2. The SMILES string of the molecule is Cc1cc(-c2nc(-c3ccc(CO)nc3C)no2)ccc1CC(C)C. The second kappa shape index (κ2) is 7.15. The number of rotatable bonds is 5. The van der Waals surface area contributed by atoms with E-state index in [-0.39, 0.29) is 6.61 Å². The third-order valence-electron chi connectivity index (χ3n) is 4.19. The molecule has 5 nitrogen and oxygen atoms in total. The van der Waals surface area contributed by atoms with Gasteiger partial charge in [0.2, 0.25) is 5.82 Å². The first kappa shape index (κ1) is 17.3. The molecule has 0 saturated carbocycles. The molecule has 0 saturated heterocycles. The van der Waals surface area contributed by atoms with Crippen LogP contribution in [0.1, 0.15) is 36.4 Å². The van der Waals surface area contributed by atoms with Gasteiger partial charge >= 0.3 is 0 Å². The van der Waals surface area contributed by atoms with Crippen LogP contribution >= 0.6 is 0 Å². The van der Waals surface area contributed by atoms with Gasteiger partial charge in [-0.1, -0.05) is 25.1 Å². The molecule has 0 aliphatic rings. The van der Waals surface area contributed by atoms with Gasteiger partial charge < -0.3 is 9.63 Å². The summed E-state index contributed by atoms with van der Waals surface area (Å²) in [6, 6.07) is 9.89. The normalized spacial score (nSPS) is 11.3. The van der Waals surface area contributed by atoms with E-state index >= 15 is 0 Å². The Bertz CT molecular complexity index is 884. The van der Waals surface area contributed by atoms with E-state index in [1.807, 2.05) is 19.1 Å². The van der Waals surface area contributed by atoms with Crippen LogP contribution in [0.2, 0.25) is 0 Å². The van der Waals surface area contributed by atoms with Gasteiger partial charge in [-0.15, -0.1) is 0 Å². The van der Waals surface area contributed by atoms with E-state index in [0.717, 1.165) is 23.2 Å². The largest absolute Gasteiger partial charge is 0.390 e. The third-order valence-corrected chi connectivity index (χ3v) is 4.19. The van der Waals surface area contributed by atoms with Gasteiger partial charge in [-0.25, -0.2) is 0 Å². The molecule has 130 valence electrons. The van der Waals surface area contributed by atoms with Crippen molar-refractivity contribution in [1.82, 2.24) is 15.1 Å². The predicted octanol–water partition coefficient (Wildman–Crippen LogP) is 4.11. The minimum atomic E-state index is -0.0827. The van der Waals surface area contributed by atoms with Crippen LogP contribution < -0.4 is 0 Å². The molecule has 0 aliphatic heterocycles. The molecule has 0 atom stereocenters. The van der Waals surface area contributed by atoms with E-state index in [0.29, 0.717) is 23.3 Å². The number of aryl methyl sites for hydroxylation is 2. The fourth-order valence-electron chi connectivity index (χ4n) is 2.89. The van der Waals surface area contributed by atoms with E-state index in [1.54, 1.807) is 6.07 Å².